The number of rotatable bonds is 4. The third-order valence-corrected chi connectivity index (χ3v) is 2.09. The molecule has 0 aliphatic heterocycles. The number of primary amides is 1. The number of Topliss-reactive ketones (excluding diaryl/α,β-unsaturated/α-hetero) is 1. The molecular formula is C10H10ClNO2. The molecule has 0 aromatic heterocycles. The highest BCUT2D eigenvalue weighted by atomic mass is 35.5. The van der Waals surface area contributed by atoms with Gasteiger partial charge in [-0.3, -0.25) is 9.59 Å². The Morgan fingerprint density at radius 2 is 1.79 bits per heavy atom. The van der Waals surface area contributed by atoms with Gasteiger partial charge in [-0.25, -0.2) is 0 Å². The maximum atomic E-state index is 11.0. The van der Waals surface area contributed by atoms with Crippen molar-refractivity contribution in [1.82, 2.24) is 0 Å². The number of carbonyl (C=O) groups excluding carboxylic acids is 2. The molecule has 1 amide bonds. The molecule has 0 bridgehead atoms. The number of alkyl halides is 1. The number of halogens is 1. The molecule has 1 aromatic carbocycles. The van der Waals surface area contributed by atoms with E-state index in [2.05, 4.69) is 0 Å². The van der Waals surface area contributed by atoms with Crippen LogP contribution in [0.2, 0.25) is 0 Å². The second-order valence-electron chi connectivity index (χ2n) is 2.91. The van der Waals surface area contributed by atoms with Gasteiger partial charge in [0.15, 0.2) is 5.78 Å². The number of carbonyl (C=O) groups is 2. The van der Waals surface area contributed by atoms with E-state index in [1.165, 1.54) is 0 Å². The maximum absolute atomic E-state index is 11.0. The van der Waals surface area contributed by atoms with Gasteiger partial charge in [-0.15, -0.1) is 11.6 Å². The van der Waals surface area contributed by atoms with Gasteiger partial charge in [-0.05, 0) is 17.7 Å². The minimum absolute atomic E-state index is 0.0115. The van der Waals surface area contributed by atoms with Crippen LogP contribution in [0.5, 0.6) is 0 Å². The van der Waals surface area contributed by atoms with Crippen LogP contribution in [0.3, 0.4) is 0 Å². The zero-order valence-electron chi connectivity index (χ0n) is 7.50. The Morgan fingerprint density at radius 1 is 1.21 bits per heavy atom. The van der Waals surface area contributed by atoms with Crippen LogP contribution in [0, 0.1) is 0 Å². The summed E-state index contributed by atoms with van der Waals surface area (Å²) >= 11 is 5.36. The molecule has 0 aliphatic rings. The second kappa shape index (κ2) is 4.77. The van der Waals surface area contributed by atoms with E-state index in [-0.39, 0.29) is 11.7 Å². The van der Waals surface area contributed by atoms with Crippen molar-refractivity contribution in [2.24, 2.45) is 5.73 Å². The molecule has 0 aliphatic carbocycles. The Kier molecular flexibility index (Phi) is 3.65. The Hall–Kier alpha value is -1.35. The molecule has 4 heteroatoms. The largest absolute Gasteiger partial charge is 0.366 e. The molecule has 2 N–H and O–H groups in total. The predicted octanol–water partition coefficient (Wildman–Crippen LogP) is 1.14. The van der Waals surface area contributed by atoms with Gasteiger partial charge in [0.2, 0.25) is 5.91 Å². The van der Waals surface area contributed by atoms with E-state index in [0.29, 0.717) is 12.0 Å². The summed E-state index contributed by atoms with van der Waals surface area (Å²) in [6.45, 7) is 0. The lowest BCUT2D eigenvalue weighted by Crippen LogP contribution is -2.11. The molecule has 74 valence electrons. The van der Waals surface area contributed by atoms with E-state index in [9.17, 15) is 9.59 Å². The maximum Gasteiger partial charge on any atom is 0.248 e. The molecule has 0 heterocycles. The van der Waals surface area contributed by atoms with E-state index in [0.717, 1.165) is 5.56 Å². The highest BCUT2D eigenvalue weighted by Crippen LogP contribution is 2.05. The van der Waals surface area contributed by atoms with Crippen LogP contribution in [-0.4, -0.2) is 17.6 Å². The first-order chi connectivity index (χ1) is 6.63. The van der Waals surface area contributed by atoms with Crippen LogP contribution < -0.4 is 5.73 Å². The molecule has 0 atom stereocenters. The lowest BCUT2D eigenvalue weighted by Gasteiger charge is -1.99. The first-order valence-corrected chi connectivity index (χ1v) is 4.63. The fourth-order valence-corrected chi connectivity index (χ4v) is 1.16. The number of hydrogen-bond donors (Lipinski definition) is 1. The number of amides is 1. The summed E-state index contributed by atoms with van der Waals surface area (Å²) in [6, 6.07) is 6.59. The summed E-state index contributed by atoms with van der Waals surface area (Å²) in [7, 11) is 0. The van der Waals surface area contributed by atoms with Crippen molar-refractivity contribution >= 4 is 23.3 Å². The molecule has 0 unspecified atom stereocenters. The van der Waals surface area contributed by atoms with Crippen LogP contribution in [0.15, 0.2) is 24.3 Å². The van der Waals surface area contributed by atoms with Gasteiger partial charge in [0.05, 0.1) is 5.88 Å². The quantitative estimate of drug-likeness (QED) is 0.760. The lowest BCUT2D eigenvalue weighted by atomic mass is 10.1. The summed E-state index contributed by atoms with van der Waals surface area (Å²) in [5.74, 6) is -0.504. The second-order valence-corrected chi connectivity index (χ2v) is 3.18. The van der Waals surface area contributed by atoms with Gasteiger partial charge in [0.25, 0.3) is 0 Å². The average molecular weight is 212 g/mol. The summed E-state index contributed by atoms with van der Waals surface area (Å²) in [5, 5.41) is 0. The lowest BCUT2D eigenvalue weighted by molar-refractivity contribution is -0.116. The Morgan fingerprint density at radius 3 is 2.21 bits per heavy atom. The summed E-state index contributed by atoms with van der Waals surface area (Å²) in [6.07, 6.45) is 0.294. The SMILES string of the molecule is NC(=O)c1ccc(CC(=O)CCl)cc1. The third kappa shape index (κ3) is 2.85. The minimum atomic E-state index is -0.472. The Bertz CT molecular complexity index is 346. The fourth-order valence-electron chi connectivity index (χ4n) is 1.06. The van der Waals surface area contributed by atoms with Crippen LogP contribution in [0.1, 0.15) is 15.9 Å². The van der Waals surface area contributed by atoms with Gasteiger partial charge in [-0.2, -0.15) is 0 Å². The van der Waals surface area contributed by atoms with Crippen molar-refractivity contribution in [3.63, 3.8) is 0 Å². The van der Waals surface area contributed by atoms with Crippen LogP contribution in [0.4, 0.5) is 0 Å². The van der Waals surface area contributed by atoms with Crippen LogP contribution >= 0.6 is 11.6 Å². The number of nitrogens with two attached hydrogens (primary N) is 1. The van der Waals surface area contributed by atoms with Crippen molar-refractivity contribution in [2.75, 3.05) is 5.88 Å². The van der Waals surface area contributed by atoms with Crippen molar-refractivity contribution < 1.29 is 9.59 Å². The molecule has 0 saturated heterocycles. The summed E-state index contributed by atoms with van der Waals surface area (Å²) in [4.78, 5) is 21.7. The molecular weight excluding hydrogens is 202 g/mol. The molecule has 0 radical (unpaired) electrons. The van der Waals surface area contributed by atoms with E-state index >= 15 is 0 Å². The van der Waals surface area contributed by atoms with Crippen molar-refractivity contribution in [3.05, 3.63) is 35.4 Å². The minimum Gasteiger partial charge on any atom is -0.366 e. The fraction of sp³-hybridized carbons (Fsp3) is 0.200. The molecule has 3 nitrogen and oxygen atoms in total. The first kappa shape index (κ1) is 10.7. The number of hydrogen-bond acceptors (Lipinski definition) is 2. The smallest absolute Gasteiger partial charge is 0.248 e. The normalized spacial score (nSPS) is 9.79. The first-order valence-electron chi connectivity index (χ1n) is 4.10. The zero-order chi connectivity index (χ0) is 10.6. The molecule has 0 spiro atoms. The molecule has 1 aromatic rings. The van der Waals surface area contributed by atoms with Gasteiger partial charge >= 0.3 is 0 Å². The van der Waals surface area contributed by atoms with E-state index in [4.69, 9.17) is 17.3 Å². The average Bonchev–Trinajstić information content (AvgIpc) is 2.18. The highest BCUT2D eigenvalue weighted by molar-refractivity contribution is 6.27. The van der Waals surface area contributed by atoms with Crippen LogP contribution in [0.25, 0.3) is 0 Å². The van der Waals surface area contributed by atoms with Gasteiger partial charge in [0.1, 0.15) is 0 Å². The topological polar surface area (TPSA) is 60.2 Å². The molecule has 0 saturated carbocycles. The summed E-state index contributed by atoms with van der Waals surface area (Å²) < 4.78 is 0. The third-order valence-electron chi connectivity index (χ3n) is 1.79. The number of ketones is 1. The molecule has 0 fully saturated rings. The Balaban J connectivity index is 2.73. The predicted molar refractivity (Wildman–Crippen MR) is 54.4 cm³/mol. The van der Waals surface area contributed by atoms with E-state index in [1.807, 2.05) is 0 Å². The standard InChI is InChI=1S/C10H10ClNO2/c11-6-9(13)5-7-1-3-8(4-2-7)10(12)14/h1-4H,5-6H2,(H2,12,14). The van der Waals surface area contributed by atoms with Crippen molar-refractivity contribution in [3.8, 4) is 0 Å². The van der Waals surface area contributed by atoms with Crippen LogP contribution in [-0.2, 0) is 11.2 Å². The van der Waals surface area contributed by atoms with Gasteiger partial charge in [0, 0.05) is 12.0 Å². The Labute approximate surface area is 86.9 Å². The van der Waals surface area contributed by atoms with Crippen molar-refractivity contribution in [1.29, 1.82) is 0 Å². The molecule has 1 rings (SSSR count). The zero-order valence-corrected chi connectivity index (χ0v) is 8.25. The number of benzene rings is 1. The molecule has 14 heavy (non-hydrogen) atoms. The van der Waals surface area contributed by atoms with Crippen molar-refractivity contribution in [2.45, 2.75) is 6.42 Å². The van der Waals surface area contributed by atoms with E-state index < -0.39 is 5.91 Å². The summed E-state index contributed by atoms with van der Waals surface area (Å²) in [5.41, 5.74) is 6.34. The van der Waals surface area contributed by atoms with Gasteiger partial charge < -0.3 is 5.73 Å². The monoisotopic (exact) mass is 211 g/mol. The van der Waals surface area contributed by atoms with Gasteiger partial charge in [-0.1, -0.05) is 12.1 Å². The highest BCUT2D eigenvalue weighted by Gasteiger charge is 2.03. The van der Waals surface area contributed by atoms with E-state index in [1.54, 1.807) is 24.3 Å².